The maximum atomic E-state index is 11.9. The lowest BCUT2D eigenvalue weighted by atomic mass is 10.2. The normalized spacial score (nSPS) is 11.3. The van der Waals surface area contributed by atoms with E-state index in [4.69, 9.17) is 4.52 Å². The molecule has 0 saturated carbocycles. The maximum absolute atomic E-state index is 11.9. The molecule has 2 rings (SSSR count). The lowest BCUT2D eigenvalue weighted by molar-refractivity contribution is -0.138. The van der Waals surface area contributed by atoms with Gasteiger partial charge in [0.15, 0.2) is 0 Å². The van der Waals surface area contributed by atoms with Crippen molar-refractivity contribution < 1.29 is 22.5 Å². The second-order valence-electron chi connectivity index (χ2n) is 3.82. The van der Waals surface area contributed by atoms with Gasteiger partial charge < -0.3 is 9.84 Å². The van der Waals surface area contributed by atoms with E-state index in [1.807, 2.05) is 0 Å². The van der Waals surface area contributed by atoms with Gasteiger partial charge >= 0.3 is 6.18 Å². The first-order valence-corrected chi connectivity index (χ1v) is 5.50. The molecule has 0 unspecified atom stereocenters. The zero-order valence-electron chi connectivity index (χ0n) is 10.0. The number of amides is 1. The van der Waals surface area contributed by atoms with Crippen LogP contribution in [0.5, 0.6) is 0 Å². The summed E-state index contributed by atoms with van der Waals surface area (Å²) in [7, 11) is 0. The van der Waals surface area contributed by atoms with Gasteiger partial charge in [-0.2, -0.15) is 18.2 Å². The van der Waals surface area contributed by atoms with E-state index in [-0.39, 0.29) is 11.7 Å². The zero-order valence-corrected chi connectivity index (χ0v) is 10.0. The van der Waals surface area contributed by atoms with Crippen molar-refractivity contribution in [2.45, 2.75) is 12.6 Å². The number of nitrogens with zero attached hydrogens (tertiary/aromatic N) is 3. The smallest absolute Gasteiger partial charge is 0.347 e. The van der Waals surface area contributed by atoms with E-state index >= 15 is 0 Å². The molecule has 0 spiro atoms. The number of nitrogens with one attached hydrogen (secondary N) is 1. The van der Waals surface area contributed by atoms with Crippen molar-refractivity contribution >= 4 is 5.91 Å². The largest absolute Gasteiger partial charge is 0.405 e. The van der Waals surface area contributed by atoms with Crippen molar-refractivity contribution in [1.29, 1.82) is 0 Å². The summed E-state index contributed by atoms with van der Waals surface area (Å²) in [5.41, 5.74) is 0.630. The van der Waals surface area contributed by atoms with Gasteiger partial charge in [-0.05, 0) is 12.1 Å². The molecule has 0 atom stereocenters. The minimum absolute atomic E-state index is 0.0588. The fourth-order valence-electron chi connectivity index (χ4n) is 1.34. The van der Waals surface area contributed by atoms with Gasteiger partial charge in [0.1, 0.15) is 13.0 Å². The second-order valence-corrected chi connectivity index (χ2v) is 3.82. The first-order valence-electron chi connectivity index (χ1n) is 5.50. The molecule has 0 radical (unpaired) electrons. The minimum Gasteiger partial charge on any atom is -0.347 e. The number of hydrogen-bond donors (Lipinski definition) is 1. The molecular formula is C11H9F3N4O2. The van der Waals surface area contributed by atoms with Gasteiger partial charge in [0, 0.05) is 18.0 Å². The van der Waals surface area contributed by atoms with E-state index in [2.05, 4.69) is 15.1 Å². The third kappa shape index (κ3) is 4.04. The van der Waals surface area contributed by atoms with Crippen LogP contribution < -0.4 is 5.32 Å². The van der Waals surface area contributed by atoms with Gasteiger partial charge in [-0.15, -0.1) is 0 Å². The Morgan fingerprint density at radius 3 is 2.65 bits per heavy atom. The summed E-state index contributed by atoms with van der Waals surface area (Å²) in [6.07, 6.45) is -1.80. The lowest BCUT2D eigenvalue weighted by Gasteiger charge is -2.06. The van der Waals surface area contributed by atoms with Crippen molar-refractivity contribution in [3.63, 3.8) is 0 Å². The van der Waals surface area contributed by atoms with Crippen LogP contribution in [-0.4, -0.2) is 33.8 Å². The number of rotatable bonds is 4. The molecule has 0 aliphatic rings. The minimum atomic E-state index is -4.45. The topological polar surface area (TPSA) is 80.9 Å². The number of alkyl halides is 3. The molecule has 0 aliphatic carbocycles. The average molecular weight is 286 g/mol. The third-order valence-electron chi connectivity index (χ3n) is 2.20. The Morgan fingerprint density at radius 2 is 2.00 bits per heavy atom. The second kappa shape index (κ2) is 5.68. The molecule has 1 amide bonds. The Hall–Kier alpha value is -2.45. The summed E-state index contributed by atoms with van der Waals surface area (Å²) in [4.78, 5) is 19.0. The summed E-state index contributed by atoms with van der Waals surface area (Å²) >= 11 is 0. The maximum Gasteiger partial charge on any atom is 0.405 e. The average Bonchev–Trinajstić information content (AvgIpc) is 2.85. The van der Waals surface area contributed by atoms with E-state index in [0.717, 1.165) is 0 Å². The van der Waals surface area contributed by atoms with Gasteiger partial charge in [-0.25, -0.2) is 0 Å². The van der Waals surface area contributed by atoms with Crippen LogP contribution in [0.2, 0.25) is 0 Å². The van der Waals surface area contributed by atoms with Crippen LogP contribution in [-0.2, 0) is 11.2 Å². The van der Waals surface area contributed by atoms with Gasteiger partial charge in [-0.1, -0.05) is 5.16 Å². The number of carbonyl (C=O) groups excluding carboxylic acids is 1. The molecule has 0 bridgehead atoms. The molecular weight excluding hydrogens is 277 g/mol. The fourth-order valence-corrected chi connectivity index (χ4v) is 1.34. The highest BCUT2D eigenvalue weighted by molar-refractivity contribution is 5.77. The van der Waals surface area contributed by atoms with Crippen LogP contribution >= 0.6 is 0 Å². The number of halogens is 3. The van der Waals surface area contributed by atoms with E-state index < -0.39 is 25.0 Å². The van der Waals surface area contributed by atoms with Crippen LogP contribution in [0.3, 0.4) is 0 Å². The van der Waals surface area contributed by atoms with Gasteiger partial charge in [-0.3, -0.25) is 9.78 Å². The Bertz CT molecular complexity index is 583. The standard InChI is InChI=1S/C11H9F3N4O2/c12-11(13,14)6-16-8(19)5-9-17-10(18-20-9)7-1-3-15-4-2-7/h1-4H,5-6H2,(H,16,19). The first-order chi connectivity index (χ1) is 9.44. The Kier molecular flexibility index (Phi) is 3.97. The quantitative estimate of drug-likeness (QED) is 0.917. The van der Waals surface area contributed by atoms with Crippen molar-refractivity contribution in [2.75, 3.05) is 6.54 Å². The molecule has 0 fully saturated rings. The van der Waals surface area contributed by atoms with Crippen LogP contribution in [0.25, 0.3) is 11.4 Å². The molecule has 0 saturated heterocycles. The van der Waals surface area contributed by atoms with Crippen molar-refractivity contribution in [3.05, 3.63) is 30.4 Å². The van der Waals surface area contributed by atoms with Crippen LogP contribution in [0.1, 0.15) is 5.89 Å². The monoisotopic (exact) mass is 286 g/mol. The van der Waals surface area contributed by atoms with E-state index in [1.54, 1.807) is 17.4 Å². The predicted molar refractivity (Wildman–Crippen MR) is 60.3 cm³/mol. The van der Waals surface area contributed by atoms with Crippen LogP contribution in [0.15, 0.2) is 29.0 Å². The van der Waals surface area contributed by atoms with E-state index in [0.29, 0.717) is 5.56 Å². The summed E-state index contributed by atoms with van der Waals surface area (Å²) in [6, 6.07) is 3.27. The summed E-state index contributed by atoms with van der Waals surface area (Å²) in [5, 5.41) is 5.35. The van der Waals surface area contributed by atoms with Crippen molar-refractivity contribution in [2.24, 2.45) is 0 Å². The highest BCUT2D eigenvalue weighted by Gasteiger charge is 2.28. The van der Waals surface area contributed by atoms with Gasteiger partial charge in [0.25, 0.3) is 0 Å². The lowest BCUT2D eigenvalue weighted by Crippen LogP contribution is -2.34. The Balaban J connectivity index is 1.95. The number of hydrogen-bond acceptors (Lipinski definition) is 5. The molecule has 2 aromatic rings. The Morgan fingerprint density at radius 1 is 1.30 bits per heavy atom. The summed E-state index contributed by atoms with van der Waals surface area (Å²) in [6.45, 7) is -1.39. The SMILES string of the molecule is O=C(Cc1nc(-c2ccncc2)no1)NCC(F)(F)F. The molecule has 6 nitrogen and oxygen atoms in total. The van der Waals surface area contributed by atoms with Gasteiger partial charge in [0.05, 0.1) is 0 Å². The van der Waals surface area contributed by atoms with Crippen LogP contribution in [0, 0.1) is 0 Å². The molecule has 9 heteroatoms. The third-order valence-corrected chi connectivity index (χ3v) is 2.20. The summed E-state index contributed by atoms with van der Waals surface area (Å²) in [5.74, 6) is -0.658. The van der Waals surface area contributed by atoms with E-state index in [9.17, 15) is 18.0 Å². The molecule has 0 aromatic carbocycles. The summed E-state index contributed by atoms with van der Waals surface area (Å²) < 4.78 is 40.5. The molecule has 2 heterocycles. The molecule has 20 heavy (non-hydrogen) atoms. The van der Waals surface area contributed by atoms with Crippen LogP contribution in [0.4, 0.5) is 13.2 Å². The zero-order chi connectivity index (χ0) is 14.6. The number of pyridine rings is 1. The highest BCUT2D eigenvalue weighted by Crippen LogP contribution is 2.14. The Labute approximate surface area is 111 Å². The first kappa shape index (κ1) is 14.0. The predicted octanol–water partition coefficient (Wildman–Crippen LogP) is 1.35. The van der Waals surface area contributed by atoms with Gasteiger partial charge in [0.2, 0.25) is 17.6 Å². The van der Waals surface area contributed by atoms with Crippen molar-refractivity contribution in [1.82, 2.24) is 20.4 Å². The van der Waals surface area contributed by atoms with Crippen molar-refractivity contribution in [3.8, 4) is 11.4 Å². The molecule has 1 N–H and O–H groups in total. The number of carbonyl (C=O) groups is 1. The molecule has 2 aromatic heterocycles. The number of aromatic nitrogens is 3. The fraction of sp³-hybridized carbons (Fsp3) is 0.273. The van der Waals surface area contributed by atoms with E-state index in [1.165, 1.54) is 12.4 Å². The molecule has 106 valence electrons. The molecule has 0 aliphatic heterocycles. The highest BCUT2D eigenvalue weighted by atomic mass is 19.4.